The molecular formula is C16H17F3N2O6. The van der Waals surface area contributed by atoms with E-state index in [1.165, 1.54) is 18.2 Å². The lowest BCUT2D eigenvalue weighted by Gasteiger charge is -2.40. The van der Waals surface area contributed by atoms with Gasteiger partial charge < -0.3 is 35.5 Å². The number of alkyl halides is 3. The molecule has 1 saturated heterocycles. The largest absolute Gasteiger partial charge is 0.421 e. The SMILES string of the molecule is O=c1[nH]c2cc(NC3C(O)OC(CO)[C@@H](O)C3O)ccc2cc1C(F)(F)F. The number of benzene rings is 1. The number of halogens is 3. The number of hydrogen-bond acceptors (Lipinski definition) is 7. The predicted molar refractivity (Wildman–Crippen MR) is 87.0 cm³/mol. The fourth-order valence-corrected chi connectivity index (χ4v) is 2.95. The minimum Gasteiger partial charge on any atom is -0.394 e. The summed E-state index contributed by atoms with van der Waals surface area (Å²) in [5, 5.41) is 41.8. The van der Waals surface area contributed by atoms with Gasteiger partial charge in [-0.15, -0.1) is 0 Å². The van der Waals surface area contributed by atoms with Crippen LogP contribution in [0.1, 0.15) is 5.56 Å². The van der Waals surface area contributed by atoms with Crippen molar-refractivity contribution in [2.24, 2.45) is 0 Å². The summed E-state index contributed by atoms with van der Waals surface area (Å²) in [6.07, 6.45) is -10.5. The first-order chi connectivity index (χ1) is 12.6. The van der Waals surface area contributed by atoms with Crippen LogP contribution in [0.25, 0.3) is 10.9 Å². The first-order valence-electron chi connectivity index (χ1n) is 7.93. The molecule has 0 spiro atoms. The van der Waals surface area contributed by atoms with E-state index < -0.39 is 54.5 Å². The molecule has 0 saturated carbocycles. The average molecular weight is 390 g/mol. The van der Waals surface area contributed by atoms with Crippen LogP contribution in [-0.4, -0.2) is 62.7 Å². The van der Waals surface area contributed by atoms with E-state index >= 15 is 0 Å². The Bertz CT molecular complexity index is 887. The molecule has 0 radical (unpaired) electrons. The smallest absolute Gasteiger partial charge is 0.394 e. The third kappa shape index (κ3) is 3.77. The second-order valence-corrected chi connectivity index (χ2v) is 6.21. The van der Waals surface area contributed by atoms with Gasteiger partial charge in [0.05, 0.1) is 12.1 Å². The lowest BCUT2D eigenvalue weighted by Crippen LogP contribution is -2.61. The quantitative estimate of drug-likeness (QED) is 0.426. The molecule has 1 aliphatic heterocycles. The van der Waals surface area contributed by atoms with E-state index in [-0.39, 0.29) is 16.6 Å². The Labute approximate surface area is 149 Å². The topological polar surface area (TPSA) is 135 Å². The molecule has 1 aliphatic rings. The van der Waals surface area contributed by atoms with Crippen molar-refractivity contribution in [3.8, 4) is 0 Å². The number of aromatic amines is 1. The zero-order valence-corrected chi connectivity index (χ0v) is 13.6. The molecule has 148 valence electrons. The van der Waals surface area contributed by atoms with Gasteiger partial charge in [0.1, 0.15) is 29.9 Å². The van der Waals surface area contributed by atoms with Crippen LogP contribution in [-0.2, 0) is 10.9 Å². The molecule has 4 unspecified atom stereocenters. The summed E-state index contributed by atoms with van der Waals surface area (Å²) < 4.78 is 43.4. The van der Waals surface area contributed by atoms with Crippen molar-refractivity contribution in [1.29, 1.82) is 0 Å². The van der Waals surface area contributed by atoms with Crippen LogP contribution in [0.2, 0.25) is 0 Å². The maximum atomic E-state index is 12.8. The van der Waals surface area contributed by atoms with Gasteiger partial charge in [-0.3, -0.25) is 4.79 Å². The van der Waals surface area contributed by atoms with Crippen molar-refractivity contribution in [3.05, 3.63) is 40.2 Å². The molecule has 1 fully saturated rings. The molecule has 3 rings (SSSR count). The number of hydrogen-bond donors (Lipinski definition) is 6. The van der Waals surface area contributed by atoms with Crippen LogP contribution in [0.3, 0.4) is 0 Å². The molecule has 27 heavy (non-hydrogen) atoms. The van der Waals surface area contributed by atoms with Crippen LogP contribution in [0.15, 0.2) is 29.1 Å². The van der Waals surface area contributed by atoms with E-state index in [1.807, 2.05) is 0 Å². The number of nitrogens with one attached hydrogen (secondary N) is 2. The number of aliphatic hydroxyl groups is 4. The first kappa shape index (κ1) is 19.6. The van der Waals surface area contributed by atoms with Crippen molar-refractivity contribution in [3.63, 3.8) is 0 Å². The second-order valence-electron chi connectivity index (χ2n) is 6.21. The Balaban J connectivity index is 1.89. The molecule has 0 amide bonds. The van der Waals surface area contributed by atoms with Gasteiger partial charge in [0.15, 0.2) is 6.29 Å². The fraction of sp³-hybridized carbons (Fsp3) is 0.438. The molecule has 0 bridgehead atoms. The molecule has 1 aromatic heterocycles. The third-order valence-electron chi connectivity index (χ3n) is 4.38. The fourth-order valence-electron chi connectivity index (χ4n) is 2.95. The highest BCUT2D eigenvalue weighted by Crippen LogP contribution is 2.29. The summed E-state index contributed by atoms with van der Waals surface area (Å²) in [5.41, 5.74) is -2.26. The van der Waals surface area contributed by atoms with Gasteiger partial charge in [-0.25, -0.2) is 0 Å². The number of aromatic nitrogens is 1. The Morgan fingerprint density at radius 2 is 1.85 bits per heavy atom. The van der Waals surface area contributed by atoms with Crippen molar-refractivity contribution in [1.82, 2.24) is 4.98 Å². The van der Waals surface area contributed by atoms with Crippen molar-refractivity contribution < 1.29 is 38.3 Å². The van der Waals surface area contributed by atoms with E-state index in [0.29, 0.717) is 0 Å². The number of fused-ring (bicyclic) bond motifs is 1. The monoisotopic (exact) mass is 390 g/mol. The molecule has 8 nitrogen and oxygen atoms in total. The van der Waals surface area contributed by atoms with Crippen LogP contribution in [0.4, 0.5) is 18.9 Å². The number of rotatable bonds is 3. The molecular weight excluding hydrogens is 373 g/mol. The highest BCUT2D eigenvalue weighted by molar-refractivity contribution is 5.82. The van der Waals surface area contributed by atoms with Gasteiger partial charge >= 0.3 is 6.18 Å². The van der Waals surface area contributed by atoms with Crippen LogP contribution in [0, 0.1) is 0 Å². The standard InChI is InChI=1S/C16H17F3N2O6/c17-16(18,19)8-3-6-1-2-7(4-9(6)21-14(8)25)20-11-13(24)12(23)10(5-22)27-15(11)26/h1-4,10-13,15,20,22-24,26H,5H2,(H,21,25)/t10?,11?,12-,13?,15?/m1/s1. The lowest BCUT2D eigenvalue weighted by atomic mass is 9.97. The highest BCUT2D eigenvalue weighted by Gasteiger charge is 2.43. The molecule has 1 aromatic carbocycles. The van der Waals surface area contributed by atoms with E-state index in [4.69, 9.17) is 9.84 Å². The lowest BCUT2D eigenvalue weighted by molar-refractivity contribution is -0.245. The molecule has 11 heteroatoms. The number of pyridine rings is 1. The van der Waals surface area contributed by atoms with E-state index in [0.717, 1.165) is 6.07 Å². The van der Waals surface area contributed by atoms with Gasteiger partial charge in [-0.2, -0.15) is 13.2 Å². The maximum Gasteiger partial charge on any atom is 0.421 e. The van der Waals surface area contributed by atoms with Gasteiger partial charge in [0.2, 0.25) is 0 Å². The zero-order valence-electron chi connectivity index (χ0n) is 13.6. The number of anilines is 1. The van der Waals surface area contributed by atoms with Crippen LogP contribution >= 0.6 is 0 Å². The van der Waals surface area contributed by atoms with E-state index in [1.54, 1.807) is 0 Å². The summed E-state index contributed by atoms with van der Waals surface area (Å²) in [5.74, 6) is 0. The Morgan fingerprint density at radius 1 is 1.15 bits per heavy atom. The molecule has 2 aromatic rings. The Kier molecular flexibility index (Phi) is 5.14. The molecule has 6 N–H and O–H groups in total. The average Bonchev–Trinajstić information content (AvgIpc) is 2.60. The van der Waals surface area contributed by atoms with Crippen molar-refractivity contribution in [2.75, 3.05) is 11.9 Å². The first-order valence-corrected chi connectivity index (χ1v) is 7.93. The van der Waals surface area contributed by atoms with E-state index in [9.17, 15) is 33.3 Å². The normalized spacial score (nSPS) is 29.1. The maximum absolute atomic E-state index is 12.8. The summed E-state index contributed by atoms with van der Waals surface area (Å²) >= 11 is 0. The summed E-state index contributed by atoms with van der Waals surface area (Å²) in [6.45, 7) is -0.610. The summed E-state index contributed by atoms with van der Waals surface area (Å²) in [7, 11) is 0. The van der Waals surface area contributed by atoms with E-state index in [2.05, 4.69) is 10.3 Å². The Hall–Kier alpha value is -2.18. The number of H-pyrrole nitrogens is 1. The number of aliphatic hydroxyl groups excluding tert-OH is 4. The van der Waals surface area contributed by atoms with Gasteiger partial charge in [0.25, 0.3) is 5.56 Å². The van der Waals surface area contributed by atoms with Crippen LogP contribution in [0.5, 0.6) is 0 Å². The highest BCUT2D eigenvalue weighted by atomic mass is 19.4. The minimum atomic E-state index is -4.79. The predicted octanol–water partition coefficient (Wildman–Crippen LogP) is -0.241. The minimum absolute atomic E-state index is 0.104. The Morgan fingerprint density at radius 3 is 2.48 bits per heavy atom. The van der Waals surface area contributed by atoms with Gasteiger partial charge in [-0.05, 0) is 23.6 Å². The number of ether oxygens (including phenoxy) is 1. The second kappa shape index (κ2) is 7.09. The zero-order chi connectivity index (χ0) is 19.9. The molecule has 5 atom stereocenters. The van der Waals surface area contributed by atoms with Crippen LogP contribution < -0.4 is 10.9 Å². The summed E-state index contributed by atoms with van der Waals surface area (Å²) in [6, 6.07) is 3.56. The molecule has 0 aliphatic carbocycles. The molecule has 2 heterocycles. The van der Waals surface area contributed by atoms with Gasteiger partial charge in [-0.1, -0.05) is 6.07 Å². The van der Waals surface area contributed by atoms with Crippen molar-refractivity contribution in [2.45, 2.75) is 36.8 Å². The summed E-state index contributed by atoms with van der Waals surface area (Å²) in [4.78, 5) is 13.8. The van der Waals surface area contributed by atoms with Gasteiger partial charge in [0, 0.05) is 5.69 Å². The van der Waals surface area contributed by atoms with Crippen molar-refractivity contribution >= 4 is 16.6 Å². The third-order valence-corrected chi connectivity index (χ3v) is 4.38.